The van der Waals surface area contributed by atoms with Gasteiger partial charge >= 0.3 is 5.97 Å². The number of aromatic nitrogens is 2. The standard InChI is InChI=1S/C17H19ClN4O2/c1-11-2-3-13(18)8-14(11)21-15-9-16(20-10-19-15)22-6-4-12(5-7-22)17(23)24/h2-3,8-10,12H,4-7H2,1H3,(H,23,24)(H,19,20,21). The van der Waals surface area contributed by atoms with Crippen LogP contribution in [-0.4, -0.2) is 34.1 Å². The number of hydrogen-bond acceptors (Lipinski definition) is 5. The molecule has 6 nitrogen and oxygen atoms in total. The van der Waals surface area contributed by atoms with E-state index in [-0.39, 0.29) is 5.92 Å². The van der Waals surface area contributed by atoms with Crippen LogP contribution in [0.4, 0.5) is 17.3 Å². The molecule has 0 bridgehead atoms. The quantitative estimate of drug-likeness (QED) is 0.882. The Kier molecular flexibility index (Phi) is 4.85. The molecule has 0 amide bonds. The highest BCUT2D eigenvalue weighted by molar-refractivity contribution is 6.30. The molecule has 0 radical (unpaired) electrons. The predicted molar refractivity (Wildman–Crippen MR) is 94.1 cm³/mol. The Morgan fingerprint density at radius 1 is 1.29 bits per heavy atom. The Morgan fingerprint density at radius 2 is 2.04 bits per heavy atom. The van der Waals surface area contributed by atoms with Crippen LogP contribution in [0.5, 0.6) is 0 Å². The molecule has 2 heterocycles. The van der Waals surface area contributed by atoms with Gasteiger partial charge in [0.15, 0.2) is 0 Å². The van der Waals surface area contributed by atoms with Gasteiger partial charge in [0, 0.05) is 29.9 Å². The fourth-order valence-electron chi connectivity index (χ4n) is 2.81. The molecule has 0 spiro atoms. The summed E-state index contributed by atoms with van der Waals surface area (Å²) in [4.78, 5) is 21.7. The minimum Gasteiger partial charge on any atom is -0.481 e. The van der Waals surface area contributed by atoms with Crippen molar-refractivity contribution in [2.45, 2.75) is 19.8 Å². The number of piperidine rings is 1. The van der Waals surface area contributed by atoms with Crippen LogP contribution in [0.1, 0.15) is 18.4 Å². The van der Waals surface area contributed by atoms with Crippen molar-refractivity contribution in [3.63, 3.8) is 0 Å². The van der Waals surface area contributed by atoms with Gasteiger partial charge in [-0.05, 0) is 37.5 Å². The van der Waals surface area contributed by atoms with Crippen LogP contribution in [0.25, 0.3) is 0 Å². The Morgan fingerprint density at radius 3 is 2.75 bits per heavy atom. The zero-order chi connectivity index (χ0) is 17.1. The normalized spacial score (nSPS) is 15.3. The molecule has 0 aliphatic carbocycles. The minimum absolute atomic E-state index is 0.255. The lowest BCUT2D eigenvalue weighted by atomic mass is 9.97. The van der Waals surface area contributed by atoms with Crippen molar-refractivity contribution >= 4 is 34.9 Å². The number of carboxylic acid groups (broad SMARTS) is 1. The summed E-state index contributed by atoms with van der Waals surface area (Å²) in [5.41, 5.74) is 1.97. The summed E-state index contributed by atoms with van der Waals surface area (Å²) in [5, 5.41) is 13.0. The molecule has 0 unspecified atom stereocenters. The van der Waals surface area contributed by atoms with Crippen LogP contribution < -0.4 is 10.2 Å². The Bertz CT molecular complexity index is 745. The first kappa shape index (κ1) is 16.5. The van der Waals surface area contributed by atoms with Crippen molar-refractivity contribution in [1.29, 1.82) is 0 Å². The largest absolute Gasteiger partial charge is 0.481 e. The summed E-state index contributed by atoms with van der Waals surface area (Å²) in [6.07, 6.45) is 2.78. The summed E-state index contributed by atoms with van der Waals surface area (Å²) in [5.74, 6) is 0.521. The Labute approximate surface area is 145 Å². The van der Waals surface area contributed by atoms with Crippen molar-refractivity contribution in [3.05, 3.63) is 41.2 Å². The highest BCUT2D eigenvalue weighted by atomic mass is 35.5. The maximum Gasteiger partial charge on any atom is 0.306 e. The molecule has 126 valence electrons. The zero-order valence-corrected chi connectivity index (χ0v) is 14.1. The number of nitrogens with one attached hydrogen (secondary N) is 1. The van der Waals surface area contributed by atoms with Gasteiger partial charge in [-0.15, -0.1) is 0 Å². The van der Waals surface area contributed by atoms with Gasteiger partial charge in [0.1, 0.15) is 18.0 Å². The average Bonchev–Trinajstić information content (AvgIpc) is 2.58. The van der Waals surface area contributed by atoms with Crippen LogP contribution in [0.15, 0.2) is 30.6 Å². The van der Waals surface area contributed by atoms with E-state index in [1.54, 1.807) is 0 Å². The predicted octanol–water partition coefficient (Wildman–Crippen LogP) is 3.48. The lowest BCUT2D eigenvalue weighted by Crippen LogP contribution is -2.36. The van der Waals surface area contributed by atoms with Crippen LogP contribution in [-0.2, 0) is 4.79 Å². The summed E-state index contributed by atoms with van der Waals surface area (Å²) in [6, 6.07) is 7.53. The fraction of sp³-hybridized carbons (Fsp3) is 0.353. The van der Waals surface area contributed by atoms with Crippen molar-refractivity contribution in [1.82, 2.24) is 9.97 Å². The van der Waals surface area contributed by atoms with Crippen LogP contribution in [0, 0.1) is 12.8 Å². The minimum atomic E-state index is -0.712. The van der Waals surface area contributed by atoms with E-state index in [4.69, 9.17) is 16.7 Å². The molecule has 7 heteroatoms. The van der Waals surface area contributed by atoms with Gasteiger partial charge in [0.2, 0.25) is 0 Å². The molecule has 1 aliphatic heterocycles. The van der Waals surface area contributed by atoms with Gasteiger partial charge in [-0.2, -0.15) is 0 Å². The lowest BCUT2D eigenvalue weighted by molar-refractivity contribution is -0.142. The second kappa shape index (κ2) is 7.05. The number of benzene rings is 1. The topological polar surface area (TPSA) is 78.4 Å². The summed E-state index contributed by atoms with van der Waals surface area (Å²) < 4.78 is 0. The van der Waals surface area contributed by atoms with E-state index in [2.05, 4.69) is 20.2 Å². The summed E-state index contributed by atoms with van der Waals surface area (Å²) >= 11 is 6.05. The smallest absolute Gasteiger partial charge is 0.306 e. The number of carbonyl (C=O) groups is 1. The molecule has 1 aromatic carbocycles. The first-order chi connectivity index (χ1) is 11.5. The molecule has 1 aliphatic rings. The lowest BCUT2D eigenvalue weighted by Gasteiger charge is -2.31. The molecule has 24 heavy (non-hydrogen) atoms. The van der Waals surface area contributed by atoms with Crippen LogP contribution in [0.2, 0.25) is 5.02 Å². The third-order valence-electron chi connectivity index (χ3n) is 4.28. The van der Waals surface area contributed by atoms with Crippen molar-refractivity contribution in [2.75, 3.05) is 23.3 Å². The molecule has 1 fully saturated rings. The first-order valence-electron chi connectivity index (χ1n) is 7.86. The van der Waals surface area contributed by atoms with E-state index in [0.717, 1.165) is 17.1 Å². The van der Waals surface area contributed by atoms with Crippen molar-refractivity contribution < 1.29 is 9.90 Å². The van der Waals surface area contributed by atoms with Gasteiger partial charge in [-0.25, -0.2) is 9.97 Å². The maximum atomic E-state index is 11.0. The molecule has 0 atom stereocenters. The SMILES string of the molecule is Cc1ccc(Cl)cc1Nc1cc(N2CCC(C(=O)O)CC2)ncn1. The van der Waals surface area contributed by atoms with E-state index < -0.39 is 5.97 Å². The number of nitrogens with zero attached hydrogens (tertiary/aromatic N) is 3. The maximum absolute atomic E-state index is 11.0. The molecular formula is C17H19ClN4O2. The van der Waals surface area contributed by atoms with Gasteiger partial charge in [-0.1, -0.05) is 17.7 Å². The second-order valence-corrected chi connectivity index (χ2v) is 6.38. The van der Waals surface area contributed by atoms with E-state index in [1.165, 1.54) is 6.33 Å². The van der Waals surface area contributed by atoms with Gasteiger partial charge in [0.25, 0.3) is 0 Å². The highest BCUT2D eigenvalue weighted by Crippen LogP contribution is 2.26. The van der Waals surface area contributed by atoms with Gasteiger partial charge in [0.05, 0.1) is 5.92 Å². The molecule has 1 aromatic heterocycles. The third-order valence-corrected chi connectivity index (χ3v) is 4.52. The monoisotopic (exact) mass is 346 g/mol. The molecule has 3 rings (SSSR count). The second-order valence-electron chi connectivity index (χ2n) is 5.95. The number of aliphatic carboxylic acids is 1. The van der Waals surface area contributed by atoms with E-state index in [1.807, 2.05) is 31.2 Å². The van der Waals surface area contributed by atoms with Gasteiger partial charge in [-0.3, -0.25) is 4.79 Å². The molecule has 1 saturated heterocycles. The van der Waals surface area contributed by atoms with E-state index in [0.29, 0.717) is 36.8 Å². The van der Waals surface area contributed by atoms with Crippen molar-refractivity contribution in [2.24, 2.45) is 5.92 Å². The summed E-state index contributed by atoms with van der Waals surface area (Å²) in [6.45, 7) is 3.37. The van der Waals surface area contributed by atoms with E-state index in [9.17, 15) is 4.79 Å². The first-order valence-corrected chi connectivity index (χ1v) is 8.23. The molecule has 2 N–H and O–H groups in total. The van der Waals surface area contributed by atoms with Gasteiger partial charge < -0.3 is 15.3 Å². The van der Waals surface area contributed by atoms with Crippen molar-refractivity contribution in [3.8, 4) is 0 Å². The number of carboxylic acids is 1. The Balaban J connectivity index is 1.73. The number of hydrogen-bond donors (Lipinski definition) is 2. The highest BCUT2D eigenvalue weighted by Gasteiger charge is 2.25. The number of anilines is 3. The number of rotatable bonds is 4. The summed E-state index contributed by atoms with van der Waals surface area (Å²) in [7, 11) is 0. The molecule has 2 aromatic rings. The Hall–Kier alpha value is -2.34. The molecular weight excluding hydrogens is 328 g/mol. The third kappa shape index (κ3) is 3.76. The number of halogens is 1. The van der Waals surface area contributed by atoms with E-state index >= 15 is 0 Å². The zero-order valence-electron chi connectivity index (χ0n) is 13.4. The fourth-order valence-corrected chi connectivity index (χ4v) is 2.98. The number of aryl methyl sites for hydroxylation is 1. The average molecular weight is 347 g/mol. The van der Waals surface area contributed by atoms with Crippen LogP contribution >= 0.6 is 11.6 Å². The van der Waals surface area contributed by atoms with Crippen LogP contribution in [0.3, 0.4) is 0 Å². The molecule has 0 saturated carbocycles.